The van der Waals surface area contributed by atoms with Crippen LogP contribution in [0.3, 0.4) is 0 Å². The van der Waals surface area contributed by atoms with E-state index in [2.05, 4.69) is 20.1 Å². The molecule has 7 atom stereocenters. The summed E-state index contributed by atoms with van der Waals surface area (Å²) in [6.45, 7) is 12.2. The minimum atomic E-state index is -0.684. The predicted octanol–water partition coefficient (Wildman–Crippen LogP) is 2.70. The van der Waals surface area contributed by atoms with Crippen molar-refractivity contribution in [3.8, 4) is 0 Å². The Bertz CT molecular complexity index is 874. The Hall–Kier alpha value is -1.80. The van der Waals surface area contributed by atoms with Crippen LogP contribution in [0.15, 0.2) is 25.3 Å². The van der Waals surface area contributed by atoms with Crippen molar-refractivity contribution in [1.29, 1.82) is 0 Å². The highest BCUT2D eigenvalue weighted by atomic mass is 32.2. The maximum Gasteiger partial charge on any atom is 0.247 e. The van der Waals surface area contributed by atoms with Crippen molar-refractivity contribution in [2.45, 2.75) is 80.5 Å². The minimum absolute atomic E-state index is 0.0168. The molecule has 3 heterocycles. The molecular weight excluding hydrogens is 462 g/mol. The predicted molar refractivity (Wildman–Crippen MR) is 139 cm³/mol. The Morgan fingerprint density at radius 1 is 1.20 bits per heavy atom. The zero-order valence-corrected chi connectivity index (χ0v) is 22.2. The fourth-order valence-corrected chi connectivity index (χ4v) is 9.62. The first-order valence-electron chi connectivity index (χ1n) is 13.1. The number of likely N-dealkylation sites (tertiary alicyclic amines) is 1. The van der Waals surface area contributed by atoms with Gasteiger partial charge in [-0.25, -0.2) is 0 Å². The summed E-state index contributed by atoms with van der Waals surface area (Å²) in [6.07, 6.45) is 9.58. The first-order valence-corrected chi connectivity index (χ1v) is 14.0. The third-order valence-corrected chi connectivity index (χ3v) is 10.9. The van der Waals surface area contributed by atoms with Gasteiger partial charge < -0.3 is 19.8 Å². The molecule has 0 aromatic rings. The highest BCUT2D eigenvalue weighted by Crippen LogP contribution is 2.69. The lowest BCUT2D eigenvalue weighted by atomic mass is 9.65. The van der Waals surface area contributed by atoms with E-state index in [1.807, 2.05) is 4.90 Å². The second-order valence-corrected chi connectivity index (χ2v) is 12.5. The highest BCUT2D eigenvalue weighted by Gasteiger charge is 2.76. The van der Waals surface area contributed by atoms with Crippen molar-refractivity contribution in [3.05, 3.63) is 25.3 Å². The van der Waals surface area contributed by atoms with Crippen molar-refractivity contribution in [3.63, 3.8) is 0 Å². The monoisotopic (exact) mass is 503 g/mol. The Morgan fingerprint density at radius 2 is 1.86 bits per heavy atom. The lowest BCUT2D eigenvalue weighted by Crippen LogP contribution is -2.60. The maximum absolute atomic E-state index is 14.5. The van der Waals surface area contributed by atoms with Gasteiger partial charge in [-0.2, -0.15) is 0 Å². The molecule has 0 aromatic heterocycles. The van der Waals surface area contributed by atoms with Crippen LogP contribution in [0.4, 0.5) is 0 Å². The molecule has 35 heavy (non-hydrogen) atoms. The van der Waals surface area contributed by atoms with Gasteiger partial charge in [-0.1, -0.05) is 38.3 Å². The molecule has 194 valence electrons. The first kappa shape index (κ1) is 26.3. The number of aliphatic hydroxyl groups excluding tert-OH is 1. The molecule has 3 unspecified atom stereocenters. The summed E-state index contributed by atoms with van der Waals surface area (Å²) in [7, 11) is 1.75. The second kappa shape index (κ2) is 10.3. The molecule has 8 heteroatoms. The smallest absolute Gasteiger partial charge is 0.247 e. The lowest BCUT2D eigenvalue weighted by molar-refractivity contribution is -0.147. The van der Waals surface area contributed by atoms with Crippen molar-refractivity contribution in [1.82, 2.24) is 14.7 Å². The van der Waals surface area contributed by atoms with E-state index in [1.54, 1.807) is 47.7 Å². The lowest BCUT2D eigenvalue weighted by Gasteiger charge is -2.44. The Balaban J connectivity index is 1.77. The van der Waals surface area contributed by atoms with Crippen LogP contribution in [0, 0.1) is 17.8 Å². The van der Waals surface area contributed by atoms with Crippen LogP contribution >= 0.6 is 11.8 Å². The molecule has 4 rings (SSSR count). The second-order valence-electron chi connectivity index (χ2n) is 10.9. The van der Waals surface area contributed by atoms with Gasteiger partial charge >= 0.3 is 0 Å². The van der Waals surface area contributed by atoms with Gasteiger partial charge in [-0.15, -0.1) is 24.9 Å². The van der Waals surface area contributed by atoms with E-state index in [9.17, 15) is 19.5 Å². The van der Waals surface area contributed by atoms with E-state index in [0.717, 1.165) is 32.1 Å². The summed E-state index contributed by atoms with van der Waals surface area (Å²) < 4.78 is -0.661. The van der Waals surface area contributed by atoms with Gasteiger partial charge in [0, 0.05) is 31.4 Å². The molecule has 0 radical (unpaired) electrons. The maximum atomic E-state index is 14.5. The summed E-state index contributed by atoms with van der Waals surface area (Å²) in [6, 6.07) is -1.04. The summed E-state index contributed by atoms with van der Waals surface area (Å²) in [5.41, 5.74) is 0. The summed E-state index contributed by atoms with van der Waals surface area (Å²) in [5.74, 6) is -1.14. The molecular formula is C27H41N3O4S. The number of nitrogens with zero attached hydrogens (tertiary/aromatic N) is 3. The average Bonchev–Trinajstić information content (AvgIpc) is 3.45. The van der Waals surface area contributed by atoms with Crippen molar-refractivity contribution < 1.29 is 19.5 Å². The Labute approximate surface area is 214 Å². The SMILES string of the molecule is C=CCN(C)C(=O)[C@@H]1[C@H]2C(=O)N([C@H](C)CO)C(C(=O)N(CC=C)C3CCCCC3)C23S[C@@H]1CC3C. The van der Waals surface area contributed by atoms with Gasteiger partial charge in [0.05, 0.1) is 29.2 Å². The average molecular weight is 504 g/mol. The largest absolute Gasteiger partial charge is 0.394 e. The van der Waals surface area contributed by atoms with Crippen LogP contribution in [0.1, 0.15) is 52.4 Å². The number of thioether (sulfide) groups is 1. The van der Waals surface area contributed by atoms with Gasteiger partial charge in [-0.3, -0.25) is 14.4 Å². The number of likely N-dealkylation sites (N-methyl/N-ethyl adjacent to an activating group) is 1. The minimum Gasteiger partial charge on any atom is -0.394 e. The van der Waals surface area contributed by atoms with E-state index in [0.29, 0.717) is 13.1 Å². The molecule has 1 spiro atoms. The number of aliphatic hydroxyl groups is 1. The highest BCUT2D eigenvalue weighted by molar-refractivity contribution is 8.02. The molecule has 7 nitrogen and oxygen atoms in total. The Morgan fingerprint density at radius 3 is 2.46 bits per heavy atom. The fraction of sp³-hybridized carbons (Fsp3) is 0.741. The molecule has 4 fully saturated rings. The van der Waals surface area contributed by atoms with Crippen LogP contribution < -0.4 is 0 Å². The van der Waals surface area contributed by atoms with Gasteiger partial charge in [0.15, 0.2) is 0 Å². The molecule has 1 N–H and O–H groups in total. The van der Waals surface area contributed by atoms with Crippen molar-refractivity contribution >= 4 is 29.5 Å². The number of rotatable bonds is 9. The van der Waals surface area contributed by atoms with E-state index < -0.39 is 28.7 Å². The van der Waals surface area contributed by atoms with Gasteiger partial charge in [0.25, 0.3) is 0 Å². The number of hydrogen-bond donors (Lipinski definition) is 1. The third-order valence-electron chi connectivity index (χ3n) is 8.85. The zero-order valence-electron chi connectivity index (χ0n) is 21.4. The normalized spacial score (nSPS) is 35.0. The number of amides is 3. The van der Waals surface area contributed by atoms with Gasteiger partial charge in [-0.05, 0) is 32.1 Å². The number of carbonyl (C=O) groups excluding carboxylic acids is 3. The fourth-order valence-electron chi connectivity index (χ4n) is 7.23. The zero-order chi connectivity index (χ0) is 25.5. The quantitative estimate of drug-likeness (QED) is 0.490. The van der Waals surface area contributed by atoms with E-state index in [1.165, 1.54) is 6.42 Å². The number of carbonyl (C=O) groups is 3. The molecule has 3 amide bonds. The van der Waals surface area contributed by atoms with Gasteiger partial charge in [0.1, 0.15) is 6.04 Å². The van der Waals surface area contributed by atoms with E-state index in [4.69, 9.17) is 0 Å². The van der Waals surface area contributed by atoms with Gasteiger partial charge in [0.2, 0.25) is 17.7 Å². The first-order chi connectivity index (χ1) is 16.7. The van der Waals surface area contributed by atoms with Crippen LogP contribution in [0.5, 0.6) is 0 Å². The van der Waals surface area contributed by atoms with Crippen LogP contribution in [-0.2, 0) is 14.4 Å². The molecule has 4 aliphatic rings. The summed E-state index contributed by atoms with van der Waals surface area (Å²) in [4.78, 5) is 47.4. The molecule has 1 aliphatic carbocycles. The summed E-state index contributed by atoms with van der Waals surface area (Å²) >= 11 is 1.69. The molecule has 2 bridgehead atoms. The number of fused-ring (bicyclic) bond motifs is 1. The topological polar surface area (TPSA) is 81.2 Å². The van der Waals surface area contributed by atoms with Crippen LogP contribution in [0.2, 0.25) is 0 Å². The molecule has 0 aromatic carbocycles. The molecule has 3 saturated heterocycles. The van der Waals surface area contributed by atoms with Crippen LogP contribution in [-0.4, -0.2) is 92.4 Å². The molecule has 3 aliphatic heterocycles. The molecule has 1 saturated carbocycles. The third kappa shape index (κ3) is 4.05. The van der Waals surface area contributed by atoms with Crippen molar-refractivity contribution in [2.75, 3.05) is 26.7 Å². The Kier molecular flexibility index (Phi) is 7.72. The van der Waals surface area contributed by atoms with E-state index >= 15 is 0 Å². The number of hydrogen-bond acceptors (Lipinski definition) is 5. The van der Waals surface area contributed by atoms with Crippen LogP contribution in [0.25, 0.3) is 0 Å². The summed E-state index contributed by atoms with van der Waals surface area (Å²) in [5, 5.41) is 10.1. The van der Waals surface area contributed by atoms with Crippen molar-refractivity contribution in [2.24, 2.45) is 17.8 Å². The van der Waals surface area contributed by atoms with E-state index in [-0.39, 0.29) is 41.5 Å². The standard InChI is InChI=1S/C27H41N3O4S/c1-6-13-28(5)24(32)21-20-15-17(3)27(35-20)22(21)25(33)30(18(4)16-31)23(27)26(34)29(14-7-2)19-11-9-8-10-12-19/h6-7,17-23,31H,1-2,8-16H2,3-5H3/t17?,18-,20-,21+,22+,23?,27?/m1/s1.